The van der Waals surface area contributed by atoms with Crippen molar-refractivity contribution in [2.24, 2.45) is 0 Å². The first-order valence-electron chi connectivity index (χ1n) is 8.49. The third kappa shape index (κ3) is 4.50. The number of likely N-dealkylation sites (N-methyl/N-ethyl adjacent to an activating group) is 1. The molecule has 0 radical (unpaired) electrons. The van der Waals surface area contributed by atoms with Crippen molar-refractivity contribution in [1.29, 1.82) is 0 Å². The zero-order valence-electron chi connectivity index (χ0n) is 15.1. The van der Waals surface area contributed by atoms with Crippen molar-refractivity contribution in [3.05, 3.63) is 64.3 Å². The fourth-order valence-corrected chi connectivity index (χ4v) is 3.31. The predicted octanol–water partition coefficient (Wildman–Crippen LogP) is 4.77. The number of anilines is 2. The highest BCUT2D eigenvalue weighted by molar-refractivity contribution is 6.40. The smallest absolute Gasteiger partial charge is 0.258 e. The van der Waals surface area contributed by atoms with E-state index in [2.05, 4.69) is 20.5 Å². The van der Waals surface area contributed by atoms with Gasteiger partial charge in [-0.2, -0.15) is 0 Å². The molecule has 0 saturated carbocycles. The normalized spacial score (nSPS) is 11.0. The lowest BCUT2D eigenvalue weighted by molar-refractivity contribution is 0.102. The summed E-state index contributed by atoms with van der Waals surface area (Å²) in [5.41, 5.74) is 2.51. The lowest BCUT2D eigenvalue weighted by Crippen LogP contribution is -2.20. The Hall–Kier alpha value is -2.34. The lowest BCUT2D eigenvalue weighted by Gasteiger charge is -2.14. The minimum atomic E-state index is -0.370. The minimum Gasteiger partial charge on any atom is -0.383 e. The van der Waals surface area contributed by atoms with Gasteiger partial charge in [0.05, 0.1) is 26.8 Å². The second-order valence-electron chi connectivity index (χ2n) is 6.34. The summed E-state index contributed by atoms with van der Waals surface area (Å²) >= 11 is 12.3. The number of rotatable bonds is 6. The van der Waals surface area contributed by atoms with Gasteiger partial charge in [0.1, 0.15) is 0 Å². The first-order chi connectivity index (χ1) is 13.0. The number of halogens is 2. The van der Waals surface area contributed by atoms with Crippen molar-refractivity contribution in [2.75, 3.05) is 37.8 Å². The molecular weight excluding hydrogens is 383 g/mol. The molecule has 0 aliphatic carbocycles. The monoisotopic (exact) mass is 402 g/mol. The first kappa shape index (κ1) is 19.4. The molecule has 0 atom stereocenters. The molecule has 3 rings (SSSR count). The Bertz CT molecular complexity index is 955. The van der Waals surface area contributed by atoms with Gasteiger partial charge in [0, 0.05) is 30.4 Å². The van der Waals surface area contributed by atoms with Crippen LogP contribution in [0.5, 0.6) is 0 Å². The average Bonchev–Trinajstić information content (AvgIpc) is 2.62. The highest BCUT2D eigenvalue weighted by atomic mass is 35.5. The number of aromatic nitrogens is 1. The van der Waals surface area contributed by atoms with Crippen LogP contribution in [0.3, 0.4) is 0 Å². The van der Waals surface area contributed by atoms with Crippen LogP contribution in [-0.4, -0.2) is 43.0 Å². The zero-order valence-corrected chi connectivity index (χ0v) is 16.6. The van der Waals surface area contributed by atoms with Gasteiger partial charge in [0.15, 0.2) is 0 Å². The van der Waals surface area contributed by atoms with Crippen LogP contribution in [0.1, 0.15) is 10.4 Å². The number of benzene rings is 2. The molecule has 7 heteroatoms. The molecule has 0 spiro atoms. The van der Waals surface area contributed by atoms with Crippen LogP contribution in [-0.2, 0) is 0 Å². The van der Waals surface area contributed by atoms with Gasteiger partial charge in [-0.15, -0.1) is 0 Å². The van der Waals surface area contributed by atoms with Crippen molar-refractivity contribution in [3.63, 3.8) is 0 Å². The van der Waals surface area contributed by atoms with Crippen LogP contribution in [0.2, 0.25) is 10.0 Å². The molecule has 2 aromatic carbocycles. The molecule has 1 aromatic heterocycles. The highest BCUT2D eigenvalue weighted by Gasteiger charge is 2.16. The average molecular weight is 403 g/mol. The van der Waals surface area contributed by atoms with E-state index in [1.807, 2.05) is 38.4 Å². The third-order valence-corrected chi connectivity index (χ3v) is 4.71. The van der Waals surface area contributed by atoms with Crippen molar-refractivity contribution in [3.8, 4) is 0 Å². The van der Waals surface area contributed by atoms with Crippen LogP contribution in [0, 0.1) is 0 Å². The highest BCUT2D eigenvalue weighted by Crippen LogP contribution is 2.29. The van der Waals surface area contributed by atoms with E-state index in [9.17, 15) is 4.79 Å². The topological polar surface area (TPSA) is 57.3 Å². The van der Waals surface area contributed by atoms with E-state index >= 15 is 0 Å². The largest absolute Gasteiger partial charge is 0.383 e. The maximum atomic E-state index is 12.7. The SMILES string of the molecule is CN(C)CCNc1ccnc2c(NC(=O)c3c(Cl)cccc3Cl)cccc12. The number of pyridine rings is 1. The van der Waals surface area contributed by atoms with E-state index in [1.165, 1.54) is 0 Å². The van der Waals surface area contributed by atoms with E-state index < -0.39 is 0 Å². The summed E-state index contributed by atoms with van der Waals surface area (Å²) in [5, 5.41) is 7.83. The molecule has 5 nitrogen and oxygen atoms in total. The van der Waals surface area contributed by atoms with Gasteiger partial charge in [0.25, 0.3) is 5.91 Å². The van der Waals surface area contributed by atoms with Gasteiger partial charge < -0.3 is 15.5 Å². The third-order valence-electron chi connectivity index (χ3n) is 4.08. The molecule has 1 heterocycles. The van der Waals surface area contributed by atoms with Gasteiger partial charge in [-0.25, -0.2) is 0 Å². The molecule has 0 unspecified atom stereocenters. The fourth-order valence-electron chi connectivity index (χ4n) is 2.74. The van der Waals surface area contributed by atoms with Crippen LogP contribution >= 0.6 is 23.2 Å². The number of fused-ring (bicyclic) bond motifs is 1. The van der Waals surface area contributed by atoms with E-state index in [0.717, 1.165) is 24.2 Å². The molecular formula is C20H20Cl2N4O. The van der Waals surface area contributed by atoms with Gasteiger partial charge in [0.2, 0.25) is 0 Å². The van der Waals surface area contributed by atoms with E-state index in [0.29, 0.717) is 21.2 Å². The standard InChI is InChI=1S/C20H20Cl2N4O/c1-26(2)12-11-23-16-9-10-24-19-13(16)5-3-8-17(19)25-20(27)18-14(21)6-4-7-15(18)22/h3-10H,11-12H2,1-2H3,(H,23,24)(H,25,27). The summed E-state index contributed by atoms with van der Waals surface area (Å²) in [6, 6.07) is 12.6. The Morgan fingerprint density at radius 2 is 1.74 bits per heavy atom. The van der Waals surface area contributed by atoms with Crippen molar-refractivity contribution in [2.45, 2.75) is 0 Å². The van der Waals surface area contributed by atoms with E-state index in [-0.39, 0.29) is 11.5 Å². The summed E-state index contributed by atoms with van der Waals surface area (Å²) in [7, 11) is 4.06. The molecule has 1 amide bonds. The molecule has 27 heavy (non-hydrogen) atoms. The second kappa shape index (κ2) is 8.57. The maximum absolute atomic E-state index is 12.7. The van der Waals surface area contributed by atoms with Crippen LogP contribution < -0.4 is 10.6 Å². The second-order valence-corrected chi connectivity index (χ2v) is 7.16. The van der Waals surface area contributed by atoms with E-state index in [1.54, 1.807) is 24.4 Å². The number of hydrogen-bond donors (Lipinski definition) is 2. The quantitative estimate of drug-likeness (QED) is 0.623. The Balaban J connectivity index is 1.90. The van der Waals surface area contributed by atoms with Crippen LogP contribution in [0.4, 0.5) is 11.4 Å². The van der Waals surface area contributed by atoms with Crippen LogP contribution in [0.25, 0.3) is 10.9 Å². The van der Waals surface area contributed by atoms with E-state index in [4.69, 9.17) is 23.2 Å². The summed E-state index contributed by atoms with van der Waals surface area (Å²) in [5.74, 6) is -0.370. The molecule has 2 N–H and O–H groups in total. The summed E-state index contributed by atoms with van der Waals surface area (Å²) in [6.45, 7) is 1.71. The number of para-hydroxylation sites is 1. The Morgan fingerprint density at radius 1 is 1.04 bits per heavy atom. The summed E-state index contributed by atoms with van der Waals surface area (Å²) in [6.07, 6.45) is 1.72. The van der Waals surface area contributed by atoms with Gasteiger partial charge in [-0.3, -0.25) is 9.78 Å². The predicted molar refractivity (Wildman–Crippen MR) is 113 cm³/mol. The Labute approximate surface area is 168 Å². The molecule has 0 saturated heterocycles. The number of hydrogen-bond acceptors (Lipinski definition) is 4. The van der Waals surface area contributed by atoms with Crippen LogP contribution in [0.15, 0.2) is 48.7 Å². The fraction of sp³-hybridized carbons (Fsp3) is 0.200. The molecule has 0 aliphatic rings. The van der Waals surface area contributed by atoms with Crippen molar-refractivity contribution >= 4 is 51.4 Å². The molecule has 0 bridgehead atoms. The van der Waals surface area contributed by atoms with Gasteiger partial charge in [-0.1, -0.05) is 41.4 Å². The molecule has 140 valence electrons. The molecule has 0 fully saturated rings. The Kier molecular flexibility index (Phi) is 6.16. The van der Waals surface area contributed by atoms with Gasteiger partial charge >= 0.3 is 0 Å². The number of carbonyl (C=O) groups excluding carboxylic acids is 1. The minimum absolute atomic E-state index is 0.248. The van der Waals surface area contributed by atoms with Crippen molar-refractivity contribution in [1.82, 2.24) is 9.88 Å². The van der Waals surface area contributed by atoms with Gasteiger partial charge in [-0.05, 0) is 38.4 Å². The van der Waals surface area contributed by atoms with Crippen molar-refractivity contribution < 1.29 is 4.79 Å². The first-order valence-corrected chi connectivity index (χ1v) is 9.24. The molecule has 3 aromatic rings. The number of nitrogens with zero attached hydrogens (tertiary/aromatic N) is 2. The Morgan fingerprint density at radius 3 is 2.44 bits per heavy atom. The lowest BCUT2D eigenvalue weighted by atomic mass is 10.1. The number of carbonyl (C=O) groups is 1. The number of nitrogens with one attached hydrogen (secondary N) is 2. The number of amides is 1. The summed E-state index contributed by atoms with van der Waals surface area (Å²) in [4.78, 5) is 19.3. The molecule has 0 aliphatic heterocycles. The maximum Gasteiger partial charge on any atom is 0.258 e. The summed E-state index contributed by atoms with van der Waals surface area (Å²) < 4.78 is 0. The zero-order chi connectivity index (χ0) is 19.4.